The van der Waals surface area contributed by atoms with Crippen LogP contribution in [0.25, 0.3) is 0 Å². The van der Waals surface area contributed by atoms with Crippen molar-refractivity contribution < 1.29 is 4.79 Å². The average Bonchev–Trinajstić information content (AvgIpc) is 2.96. The van der Waals surface area contributed by atoms with Gasteiger partial charge >= 0.3 is 0 Å². The van der Waals surface area contributed by atoms with E-state index in [0.29, 0.717) is 22.0 Å². The molecule has 21 heavy (non-hydrogen) atoms. The Hall–Kier alpha value is -2.22. The van der Waals surface area contributed by atoms with Gasteiger partial charge in [-0.15, -0.1) is 0 Å². The first-order chi connectivity index (χ1) is 10.2. The highest BCUT2D eigenvalue weighted by molar-refractivity contribution is 6.31. The van der Waals surface area contributed by atoms with Gasteiger partial charge in [0.05, 0.1) is 11.6 Å². The van der Waals surface area contributed by atoms with Crippen molar-refractivity contribution >= 4 is 23.2 Å². The fraction of sp³-hybridized carbons (Fsp3) is 0.188. The Bertz CT molecular complexity index is 710. The van der Waals surface area contributed by atoms with E-state index in [2.05, 4.69) is 17.2 Å². The number of hydrogen-bond donors (Lipinski definition) is 2. The van der Waals surface area contributed by atoms with Crippen LogP contribution < -0.4 is 11.1 Å². The van der Waals surface area contributed by atoms with Gasteiger partial charge < -0.3 is 15.6 Å². The number of nitrogens with zero attached hydrogens (tertiary/aromatic N) is 1. The van der Waals surface area contributed by atoms with E-state index in [9.17, 15) is 4.79 Å². The third-order valence-electron chi connectivity index (χ3n) is 2.95. The van der Waals surface area contributed by atoms with Crippen LogP contribution in [0.1, 0.15) is 23.0 Å². The second-order valence-electron chi connectivity index (χ2n) is 4.33. The Morgan fingerprint density at radius 2 is 2.24 bits per heavy atom. The molecule has 1 aromatic carbocycles. The molecule has 3 N–H and O–H groups in total. The molecular formula is C16H16ClN3O. The normalized spacial score (nSPS) is 9.86. The molecule has 2 rings (SSSR count). The van der Waals surface area contributed by atoms with Crippen LogP contribution in [0.4, 0.5) is 5.69 Å². The van der Waals surface area contributed by atoms with Gasteiger partial charge in [0.1, 0.15) is 5.69 Å². The molecular weight excluding hydrogens is 286 g/mol. The van der Waals surface area contributed by atoms with E-state index in [0.717, 1.165) is 6.54 Å². The van der Waals surface area contributed by atoms with Gasteiger partial charge in [-0.2, -0.15) is 0 Å². The van der Waals surface area contributed by atoms with Gasteiger partial charge in [-0.3, -0.25) is 4.79 Å². The molecule has 0 aliphatic heterocycles. The van der Waals surface area contributed by atoms with E-state index in [1.807, 2.05) is 23.8 Å². The first-order valence-corrected chi connectivity index (χ1v) is 6.98. The summed E-state index contributed by atoms with van der Waals surface area (Å²) in [6, 6.07) is 8.81. The fourth-order valence-corrected chi connectivity index (χ4v) is 2.10. The summed E-state index contributed by atoms with van der Waals surface area (Å²) in [5.74, 6) is 5.46. The van der Waals surface area contributed by atoms with Crippen molar-refractivity contribution in [1.82, 2.24) is 4.57 Å². The van der Waals surface area contributed by atoms with Gasteiger partial charge in [0.25, 0.3) is 5.91 Å². The minimum atomic E-state index is -0.165. The van der Waals surface area contributed by atoms with Crippen molar-refractivity contribution in [2.45, 2.75) is 13.5 Å². The second-order valence-corrected chi connectivity index (χ2v) is 4.74. The summed E-state index contributed by atoms with van der Waals surface area (Å²) in [7, 11) is 0. The molecule has 0 aliphatic carbocycles. The van der Waals surface area contributed by atoms with Crippen LogP contribution in [0.3, 0.4) is 0 Å². The van der Waals surface area contributed by atoms with Crippen LogP contribution in [-0.4, -0.2) is 17.0 Å². The van der Waals surface area contributed by atoms with Crippen LogP contribution in [0.5, 0.6) is 0 Å². The average molecular weight is 302 g/mol. The molecule has 0 atom stereocenters. The summed E-state index contributed by atoms with van der Waals surface area (Å²) in [5.41, 5.74) is 7.26. The number of halogens is 1. The SMILES string of the molecule is CCn1cccc1C(=O)Nc1ccc(Cl)c(C#CCN)c1. The predicted octanol–water partition coefficient (Wildman–Crippen LogP) is 2.72. The molecule has 1 aromatic heterocycles. The molecule has 0 aliphatic rings. The van der Waals surface area contributed by atoms with Crippen LogP contribution in [0, 0.1) is 11.8 Å². The maximum Gasteiger partial charge on any atom is 0.272 e. The number of nitrogens with two attached hydrogens (primary N) is 1. The summed E-state index contributed by atoms with van der Waals surface area (Å²) in [5, 5.41) is 3.38. The molecule has 0 saturated carbocycles. The molecule has 1 heterocycles. The molecule has 0 radical (unpaired) electrons. The molecule has 2 aromatic rings. The van der Waals surface area contributed by atoms with E-state index in [1.165, 1.54) is 0 Å². The van der Waals surface area contributed by atoms with Crippen molar-refractivity contribution in [2.24, 2.45) is 5.73 Å². The highest BCUT2D eigenvalue weighted by Gasteiger charge is 2.10. The largest absolute Gasteiger partial charge is 0.344 e. The van der Waals surface area contributed by atoms with Crippen LogP contribution >= 0.6 is 11.6 Å². The first kappa shape index (κ1) is 15.2. The number of rotatable bonds is 3. The zero-order valence-electron chi connectivity index (χ0n) is 11.7. The number of anilines is 1. The van der Waals surface area contributed by atoms with Crippen LogP contribution in [0.15, 0.2) is 36.5 Å². The van der Waals surface area contributed by atoms with Crippen molar-refractivity contribution in [3.63, 3.8) is 0 Å². The number of aromatic nitrogens is 1. The van der Waals surface area contributed by atoms with Gasteiger partial charge in [-0.05, 0) is 37.3 Å². The van der Waals surface area contributed by atoms with Gasteiger partial charge in [0, 0.05) is 24.0 Å². The maximum atomic E-state index is 12.2. The van der Waals surface area contributed by atoms with Crippen LogP contribution in [0.2, 0.25) is 5.02 Å². The van der Waals surface area contributed by atoms with Crippen molar-refractivity contribution in [3.05, 3.63) is 52.8 Å². The number of hydrogen-bond acceptors (Lipinski definition) is 2. The topological polar surface area (TPSA) is 60.0 Å². The highest BCUT2D eigenvalue weighted by atomic mass is 35.5. The lowest BCUT2D eigenvalue weighted by molar-refractivity contribution is 0.101. The standard InChI is InChI=1S/C16H16ClN3O/c1-2-20-10-4-6-15(20)16(21)19-13-7-8-14(17)12(11-13)5-3-9-18/h4,6-8,10-11H,2,9,18H2,1H3,(H,19,21). The van der Waals surface area contributed by atoms with Crippen LogP contribution in [-0.2, 0) is 6.54 Å². The van der Waals surface area contributed by atoms with Gasteiger partial charge in [0.15, 0.2) is 0 Å². The Balaban J connectivity index is 2.22. The highest BCUT2D eigenvalue weighted by Crippen LogP contribution is 2.20. The summed E-state index contributed by atoms with van der Waals surface area (Å²) in [4.78, 5) is 12.2. The molecule has 108 valence electrons. The Labute approximate surface area is 128 Å². The van der Waals surface area contributed by atoms with Gasteiger partial charge in [0.2, 0.25) is 0 Å². The minimum Gasteiger partial charge on any atom is -0.344 e. The Morgan fingerprint density at radius 1 is 1.43 bits per heavy atom. The number of nitrogens with one attached hydrogen (secondary N) is 1. The van der Waals surface area contributed by atoms with E-state index in [-0.39, 0.29) is 12.5 Å². The number of benzene rings is 1. The lowest BCUT2D eigenvalue weighted by Crippen LogP contribution is -2.16. The molecule has 1 amide bonds. The lowest BCUT2D eigenvalue weighted by atomic mass is 10.2. The lowest BCUT2D eigenvalue weighted by Gasteiger charge is -2.08. The molecule has 4 nitrogen and oxygen atoms in total. The third-order valence-corrected chi connectivity index (χ3v) is 3.28. The molecule has 0 bridgehead atoms. The van der Waals surface area contributed by atoms with E-state index in [1.54, 1.807) is 24.3 Å². The summed E-state index contributed by atoms with van der Waals surface area (Å²) < 4.78 is 1.88. The zero-order valence-corrected chi connectivity index (χ0v) is 12.4. The monoisotopic (exact) mass is 301 g/mol. The van der Waals surface area contributed by atoms with Gasteiger partial charge in [-0.25, -0.2) is 0 Å². The summed E-state index contributed by atoms with van der Waals surface area (Å²) >= 11 is 6.06. The zero-order chi connectivity index (χ0) is 15.2. The van der Waals surface area contributed by atoms with E-state index >= 15 is 0 Å². The smallest absolute Gasteiger partial charge is 0.272 e. The third kappa shape index (κ3) is 3.66. The number of carbonyl (C=O) groups is 1. The maximum absolute atomic E-state index is 12.2. The van der Waals surface area contributed by atoms with Crippen molar-refractivity contribution in [3.8, 4) is 11.8 Å². The summed E-state index contributed by atoms with van der Waals surface area (Å²) in [6.07, 6.45) is 1.87. The number of aryl methyl sites for hydroxylation is 1. The summed E-state index contributed by atoms with van der Waals surface area (Å²) in [6.45, 7) is 2.99. The number of amides is 1. The van der Waals surface area contributed by atoms with E-state index in [4.69, 9.17) is 17.3 Å². The second kappa shape index (κ2) is 6.98. The fourth-order valence-electron chi connectivity index (χ4n) is 1.94. The molecule has 0 unspecified atom stereocenters. The Morgan fingerprint density at radius 3 is 2.95 bits per heavy atom. The van der Waals surface area contributed by atoms with E-state index < -0.39 is 0 Å². The predicted molar refractivity (Wildman–Crippen MR) is 85.4 cm³/mol. The first-order valence-electron chi connectivity index (χ1n) is 6.60. The Kier molecular flexibility index (Phi) is 5.04. The number of carbonyl (C=O) groups excluding carboxylic acids is 1. The van der Waals surface area contributed by atoms with Gasteiger partial charge in [-0.1, -0.05) is 23.4 Å². The molecule has 0 fully saturated rings. The molecule has 0 spiro atoms. The molecule has 0 saturated heterocycles. The quantitative estimate of drug-likeness (QED) is 0.856. The van der Waals surface area contributed by atoms with Crippen molar-refractivity contribution in [2.75, 3.05) is 11.9 Å². The minimum absolute atomic E-state index is 0.165. The molecule has 5 heteroatoms. The van der Waals surface area contributed by atoms with Crippen molar-refractivity contribution in [1.29, 1.82) is 0 Å².